The summed E-state index contributed by atoms with van der Waals surface area (Å²) < 4.78 is 22.3. The van der Waals surface area contributed by atoms with E-state index in [4.69, 9.17) is 8.74 Å². The topological polar surface area (TPSA) is 35.5 Å². The van der Waals surface area contributed by atoms with Gasteiger partial charge in [-0.3, -0.25) is 4.57 Å². The van der Waals surface area contributed by atoms with E-state index in [1.165, 1.54) is 7.11 Å². The summed E-state index contributed by atoms with van der Waals surface area (Å²) in [5.74, 6) is 0. The van der Waals surface area contributed by atoms with Gasteiger partial charge in [-0.25, -0.2) is 0 Å². The molecule has 12 heavy (non-hydrogen) atoms. The second-order valence-electron chi connectivity index (χ2n) is 4.02. The summed E-state index contributed by atoms with van der Waals surface area (Å²) in [6, 6.07) is 0. The number of hydrogen-bond acceptors (Lipinski definition) is 3. The molecule has 0 saturated heterocycles. The molecular weight excluding hydrogens is 191 g/mol. The average molecular weight is 210 g/mol. The molecule has 1 atom stereocenters. The van der Waals surface area contributed by atoms with Crippen LogP contribution in [0.25, 0.3) is 0 Å². The second-order valence-corrected chi connectivity index (χ2v) is 11.5. The van der Waals surface area contributed by atoms with Gasteiger partial charge in [-0.2, -0.15) is 0 Å². The molecule has 0 amide bonds. The first kappa shape index (κ1) is 12.4. The van der Waals surface area contributed by atoms with Crippen LogP contribution in [0.1, 0.15) is 13.8 Å². The molecule has 0 fully saturated rings. The molecule has 0 bridgehead atoms. The van der Waals surface area contributed by atoms with Crippen LogP contribution >= 0.6 is 7.60 Å². The Bertz CT molecular complexity index is 186. The van der Waals surface area contributed by atoms with E-state index in [1.807, 2.05) is 33.5 Å². The summed E-state index contributed by atoms with van der Waals surface area (Å²) >= 11 is 0. The highest BCUT2D eigenvalue weighted by Gasteiger charge is 2.33. The van der Waals surface area contributed by atoms with E-state index >= 15 is 0 Å². The molecule has 3 nitrogen and oxygen atoms in total. The average Bonchev–Trinajstić information content (AvgIpc) is 1.83. The minimum Gasteiger partial charge on any atom is -0.351 e. The van der Waals surface area contributed by atoms with Crippen molar-refractivity contribution in [2.24, 2.45) is 0 Å². The van der Waals surface area contributed by atoms with Crippen molar-refractivity contribution in [3.05, 3.63) is 0 Å². The first-order chi connectivity index (χ1) is 5.21. The lowest BCUT2D eigenvalue weighted by Crippen LogP contribution is -2.26. The Morgan fingerprint density at radius 3 is 1.75 bits per heavy atom. The van der Waals surface area contributed by atoms with Crippen molar-refractivity contribution < 1.29 is 13.3 Å². The van der Waals surface area contributed by atoms with E-state index in [0.29, 0.717) is 0 Å². The van der Waals surface area contributed by atoms with Crippen molar-refractivity contribution in [1.29, 1.82) is 0 Å². The van der Waals surface area contributed by atoms with Crippen molar-refractivity contribution in [2.45, 2.75) is 39.1 Å². The fourth-order valence-electron chi connectivity index (χ4n) is 0.735. The summed E-state index contributed by atoms with van der Waals surface area (Å²) in [6.07, 6.45) is 0. The summed E-state index contributed by atoms with van der Waals surface area (Å²) in [6.45, 7) is 9.71. The van der Waals surface area contributed by atoms with E-state index < -0.39 is 15.9 Å². The van der Waals surface area contributed by atoms with Crippen LogP contribution < -0.4 is 0 Å². The first-order valence-electron chi connectivity index (χ1n) is 4.07. The molecule has 0 aromatic heterocycles. The molecular formula is C7H19O3PSi. The third-order valence-corrected chi connectivity index (χ3v) is 6.27. The summed E-state index contributed by atoms with van der Waals surface area (Å²) in [5.41, 5.74) is -0.0609. The van der Waals surface area contributed by atoms with Crippen LogP contribution in [0.3, 0.4) is 0 Å². The van der Waals surface area contributed by atoms with Crippen LogP contribution in [0.15, 0.2) is 0 Å². The van der Waals surface area contributed by atoms with Gasteiger partial charge in [0.05, 0.1) is 5.66 Å². The molecule has 0 N–H and O–H groups in total. The molecule has 0 aromatic carbocycles. The van der Waals surface area contributed by atoms with Gasteiger partial charge < -0.3 is 8.74 Å². The maximum atomic E-state index is 11.9. The lowest BCUT2D eigenvalue weighted by Gasteiger charge is -2.27. The predicted octanol–water partition coefficient (Wildman–Crippen LogP) is 3.09. The molecule has 0 aromatic rings. The van der Waals surface area contributed by atoms with Gasteiger partial charge in [-0.05, 0) is 19.6 Å². The first-order valence-corrected chi connectivity index (χ1v) is 9.09. The van der Waals surface area contributed by atoms with Gasteiger partial charge in [0.1, 0.15) is 0 Å². The molecule has 0 spiro atoms. The van der Waals surface area contributed by atoms with Crippen LogP contribution in [0.5, 0.6) is 0 Å². The maximum Gasteiger partial charge on any atom is 0.323 e. The molecule has 5 heteroatoms. The number of rotatable bonds is 4. The Morgan fingerprint density at radius 2 is 1.67 bits per heavy atom. The van der Waals surface area contributed by atoms with Gasteiger partial charge in [0.2, 0.25) is 0 Å². The Balaban J connectivity index is 4.47. The highest BCUT2D eigenvalue weighted by molar-refractivity contribution is 7.56. The summed E-state index contributed by atoms with van der Waals surface area (Å²) in [4.78, 5) is 0. The third-order valence-electron chi connectivity index (χ3n) is 1.29. The molecule has 0 heterocycles. The summed E-state index contributed by atoms with van der Waals surface area (Å²) in [5, 5.41) is 0. The van der Waals surface area contributed by atoms with Gasteiger partial charge >= 0.3 is 7.60 Å². The van der Waals surface area contributed by atoms with Crippen LogP contribution in [-0.2, 0) is 13.3 Å². The highest BCUT2D eigenvalue weighted by Crippen LogP contribution is 2.53. The van der Waals surface area contributed by atoms with Gasteiger partial charge in [0, 0.05) is 7.11 Å². The number of hydrogen-bond donors (Lipinski definition) is 0. The second kappa shape index (κ2) is 4.05. The Hall–Kier alpha value is 0.367. The molecule has 0 aliphatic heterocycles. The lowest BCUT2D eigenvalue weighted by molar-refractivity contribution is 0.313. The monoisotopic (exact) mass is 210 g/mol. The van der Waals surface area contributed by atoms with E-state index in [-0.39, 0.29) is 5.66 Å². The van der Waals surface area contributed by atoms with Gasteiger partial charge in [-0.1, -0.05) is 13.8 Å². The zero-order chi connectivity index (χ0) is 9.99. The van der Waals surface area contributed by atoms with Crippen molar-refractivity contribution >= 4 is 15.9 Å². The zero-order valence-electron chi connectivity index (χ0n) is 8.75. The lowest BCUT2D eigenvalue weighted by atomic mass is 10.6. The normalized spacial score (nSPS) is 17.9. The van der Waals surface area contributed by atoms with Crippen LogP contribution in [-0.4, -0.2) is 21.1 Å². The standard InChI is InChI=1S/C7H19O3PSi/c1-7(2)11(8,9-3)10-12(4,5)6/h7H,1-6H3. The minimum atomic E-state index is -2.83. The van der Waals surface area contributed by atoms with Crippen molar-refractivity contribution in [2.75, 3.05) is 7.11 Å². The predicted molar refractivity (Wildman–Crippen MR) is 54.2 cm³/mol. The molecule has 1 unspecified atom stereocenters. The Morgan fingerprint density at radius 1 is 1.25 bits per heavy atom. The Kier molecular flexibility index (Phi) is 4.17. The fourth-order valence-corrected chi connectivity index (χ4v) is 5.35. The minimum absolute atomic E-state index is 0.0609. The fraction of sp³-hybridized carbons (Fsp3) is 1.00. The SMILES string of the molecule is COP(=O)(O[Si](C)(C)C)C(C)C. The van der Waals surface area contributed by atoms with E-state index in [0.717, 1.165) is 0 Å². The molecule has 0 radical (unpaired) electrons. The van der Waals surface area contributed by atoms with Gasteiger partial charge in [0.15, 0.2) is 8.32 Å². The van der Waals surface area contributed by atoms with Crippen molar-refractivity contribution in [3.8, 4) is 0 Å². The Labute approximate surface area is 76.1 Å². The van der Waals surface area contributed by atoms with Crippen LogP contribution in [0.2, 0.25) is 19.6 Å². The molecule has 0 saturated carbocycles. The molecule has 74 valence electrons. The van der Waals surface area contributed by atoms with E-state index in [9.17, 15) is 4.57 Å². The van der Waals surface area contributed by atoms with E-state index in [1.54, 1.807) is 0 Å². The molecule has 0 rings (SSSR count). The van der Waals surface area contributed by atoms with Gasteiger partial charge in [0.25, 0.3) is 0 Å². The van der Waals surface area contributed by atoms with Crippen molar-refractivity contribution in [3.63, 3.8) is 0 Å². The van der Waals surface area contributed by atoms with Crippen molar-refractivity contribution in [1.82, 2.24) is 0 Å². The zero-order valence-corrected chi connectivity index (χ0v) is 10.6. The van der Waals surface area contributed by atoms with Crippen LogP contribution in [0, 0.1) is 0 Å². The summed E-state index contributed by atoms with van der Waals surface area (Å²) in [7, 11) is -3.15. The van der Waals surface area contributed by atoms with Gasteiger partial charge in [-0.15, -0.1) is 0 Å². The molecule has 0 aliphatic carbocycles. The van der Waals surface area contributed by atoms with Crippen LogP contribution in [0.4, 0.5) is 0 Å². The molecule has 0 aliphatic rings. The maximum absolute atomic E-state index is 11.9. The third kappa shape index (κ3) is 3.85. The smallest absolute Gasteiger partial charge is 0.323 e. The van der Waals surface area contributed by atoms with E-state index in [2.05, 4.69) is 0 Å². The highest BCUT2D eigenvalue weighted by atomic mass is 31.2. The quantitative estimate of drug-likeness (QED) is 0.528. The largest absolute Gasteiger partial charge is 0.351 e.